The fourth-order valence-corrected chi connectivity index (χ4v) is 3.71. The first-order chi connectivity index (χ1) is 13.3. The van der Waals surface area contributed by atoms with E-state index in [2.05, 4.69) is 32.9 Å². The minimum absolute atomic E-state index is 0.374. The number of anilines is 1. The molecule has 1 saturated carbocycles. The Morgan fingerprint density at radius 2 is 2.00 bits per heavy atom. The van der Waals surface area contributed by atoms with Gasteiger partial charge in [0.15, 0.2) is 5.96 Å². The zero-order valence-electron chi connectivity index (χ0n) is 17.1. The summed E-state index contributed by atoms with van der Waals surface area (Å²) in [5.41, 5.74) is 0.374. The van der Waals surface area contributed by atoms with Crippen LogP contribution in [0.1, 0.15) is 51.9 Å². The predicted molar refractivity (Wildman–Crippen MR) is 113 cm³/mol. The van der Waals surface area contributed by atoms with Crippen molar-refractivity contribution in [3.8, 4) is 0 Å². The monoisotopic (exact) mass is 375 g/mol. The number of hydrogen-bond acceptors (Lipinski definition) is 4. The summed E-state index contributed by atoms with van der Waals surface area (Å²) >= 11 is 0. The van der Waals surface area contributed by atoms with Crippen LogP contribution in [0.2, 0.25) is 0 Å². The van der Waals surface area contributed by atoms with Crippen LogP contribution in [-0.2, 0) is 4.74 Å². The molecule has 1 fully saturated rings. The van der Waals surface area contributed by atoms with E-state index in [1.165, 1.54) is 25.7 Å². The van der Waals surface area contributed by atoms with Crippen molar-refractivity contribution < 1.29 is 4.74 Å². The van der Waals surface area contributed by atoms with Gasteiger partial charge in [0.1, 0.15) is 5.82 Å². The van der Waals surface area contributed by atoms with Crippen molar-refractivity contribution in [2.24, 2.45) is 10.4 Å². The quantitative estimate of drug-likeness (QED) is 0.297. The van der Waals surface area contributed by atoms with E-state index in [0.717, 1.165) is 63.9 Å². The first-order valence-electron chi connectivity index (χ1n) is 10.5. The van der Waals surface area contributed by atoms with Gasteiger partial charge in [-0.2, -0.15) is 0 Å². The van der Waals surface area contributed by atoms with Crippen LogP contribution in [0, 0.1) is 5.41 Å². The molecule has 0 aliphatic heterocycles. The highest BCUT2D eigenvalue weighted by Crippen LogP contribution is 2.40. The lowest BCUT2D eigenvalue weighted by Gasteiger charge is -2.30. The lowest BCUT2D eigenvalue weighted by atomic mass is 9.83. The SMILES string of the molecule is CCOCCC1(CNC(=NC)NCCCCNc2ccccn2)CCCC1. The molecule has 0 radical (unpaired) electrons. The highest BCUT2D eigenvalue weighted by atomic mass is 16.5. The number of aliphatic imine (C=N–C) groups is 1. The Morgan fingerprint density at radius 3 is 2.70 bits per heavy atom. The average molecular weight is 376 g/mol. The highest BCUT2D eigenvalue weighted by molar-refractivity contribution is 5.79. The summed E-state index contributed by atoms with van der Waals surface area (Å²) in [5, 5.41) is 10.3. The fraction of sp³-hybridized carbons (Fsp3) is 0.714. The summed E-state index contributed by atoms with van der Waals surface area (Å²) in [7, 11) is 1.85. The lowest BCUT2D eigenvalue weighted by Crippen LogP contribution is -2.43. The summed E-state index contributed by atoms with van der Waals surface area (Å²) in [4.78, 5) is 8.65. The molecule has 1 heterocycles. The van der Waals surface area contributed by atoms with Crippen molar-refractivity contribution in [3.05, 3.63) is 24.4 Å². The minimum Gasteiger partial charge on any atom is -0.382 e. The third-order valence-corrected chi connectivity index (χ3v) is 5.37. The van der Waals surface area contributed by atoms with Gasteiger partial charge in [-0.25, -0.2) is 4.98 Å². The maximum atomic E-state index is 5.60. The Balaban J connectivity index is 1.60. The first-order valence-corrected chi connectivity index (χ1v) is 10.5. The van der Waals surface area contributed by atoms with Gasteiger partial charge in [0.05, 0.1) is 0 Å². The van der Waals surface area contributed by atoms with Crippen molar-refractivity contribution in [2.45, 2.75) is 51.9 Å². The third-order valence-electron chi connectivity index (χ3n) is 5.37. The predicted octanol–water partition coefficient (Wildman–Crippen LogP) is 3.43. The number of nitrogens with one attached hydrogen (secondary N) is 3. The van der Waals surface area contributed by atoms with Crippen molar-refractivity contribution in [1.82, 2.24) is 15.6 Å². The topological polar surface area (TPSA) is 70.6 Å². The molecule has 1 aromatic rings. The van der Waals surface area contributed by atoms with Gasteiger partial charge < -0.3 is 20.7 Å². The molecule has 0 amide bonds. The molecule has 0 bridgehead atoms. The molecule has 1 aliphatic rings. The van der Waals surface area contributed by atoms with Gasteiger partial charge in [-0.1, -0.05) is 18.9 Å². The van der Waals surface area contributed by atoms with E-state index in [9.17, 15) is 0 Å². The fourth-order valence-electron chi connectivity index (χ4n) is 3.71. The van der Waals surface area contributed by atoms with E-state index in [1.54, 1.807) is 0 Å². The standard InChI is InChI=1S/C21H37N5O/c1-3-27-17-13-21(11-5-6-12-21)18-26-20(22-2)25-16-9-8-15-24-19-10-4-7-14-23-19/h4,7,10,14H,3,5-6,8-9,11-13,15-18H2,1-2H3,(H,23,24)(H2,22,25,26). The van der Waals surface area contributed by atoms with Gasteiger partial charge in [0.25, 0.3) is 0 Å². The van der Waals surface area contributed by atoms with Crippen LogP contribution in [-0.4, -0.2) is 50.8 Å². The Labute approximate surface area is 164 Å². The molecule has 0 spiro atoms. The van der Waals surface area contributed by atoms with Gasteiger partial charge in [-0.15, -0.1) is 0 Å². The molecule has 1 aliphatic carbocycles. The van der Waals surface area contributed by atoms with Crippen molar-refractivity contribution in [3.63, 3.8) is 0 Å². The second kappa shape index (κ2) is 12.5. The molecule has 0 atom stereocenters. The van der Waals surface area contributed by atoms with E-state index < -0.39 is 0 Å². The third kappa shape index (κ3) is 8.16. The van der Waals surface area contributed by atoms with Crippen LogP contribution in [0.3, 0.4) is 0 Å². The van der Waals surface area contributed by atoms with Crippen LogP contribution in [0.15, 0.2) is 29.4 Å². The van der Waals surface area contributed by atoms with Gasteiger partial charge in [0.2, 0.25) is 0 Å². The number of aromatic nitrogens is 1. The number of rotatable bonds is 12. The Morgan fingerprint density at radius 1 is 1.19 bits per heavy atom. The van der Waals surface area contributed by atoms with E-state index in [0.29, 0.717) is 5.41 Å². The van der Waals surface area contributed by atoms with Crippen LogP contribution in [0.5, 0.6) is 0 Å². The lowest BCUT2D eigenvalue weighted by molar-refractivity contribution is 0.105. The minimum atomic E-state index is 0.374. The van der Waals surface area contributed by atoms with Crippen molar-refractivity contribution in [2.75, 3.05) is 45.2 Å². The van der Waals surface area contributed by atoms with Crippen molar-refractivity contribution in [1.29, 1.82) is 0 Å². The molecule has 0 unspecified atom stereocenters. The van der Waals surface area contributed by atoms with Crippen LogP contribution >= 0.6 is 0 Å². The number of guanidine groups is 1. The number of pyridine rings is 1. The number of unbranched alkanes of at least 4 members (excludes halogenated alkanes) is 1. The molecule has 152 valence electrons. The van der Waals surface area contributed by atoms with Crippen LogP contribution in [0.4, 0.5) is 5.82 Å². The molecular weight excluding hydrogens is 338 g/mol. The first kappa shape index (κ1) is 21.5. The Bertz CT molecular complexity index is 529. The molecule has 1 aromatic heterocycles. The molecule has 3 N–H and O–H groups in total. The molecule has 0 saturated heterocycles. The molecule has 0 aromatic carbocycles. The molecule has 6 heteroatoms. The molecular formula is C21H37N5O. The van der Waals surface area contributed by atoms with Gasteiger partial charge in [-0.3, -0.25) is 4.99 Å². The van der Waals surface area contributed by atoms with E-state index >= 15 is 0 Å². The maximum absolute atomic E-state index is 5.60. The maximum Gasteiger partial charge on any atom is 0.190 e. The Hall–Kier alpha value is -1.82. The molecule has 2 rings (SSSR count). The van der Waals surface area contributed by atoms with Crippen LogP contribution < -0.4 is 16.0 Å². The summed E-state index contributed by atoms with van der Waals surface area (Å²) in [5.74, 6) is 1.85. The highest BCUT2D eigenvalue weighted by Gasteiger charge is 2.33. The smallest absolute Gasteiger partial charge is 0.190 e. The van der Waals surface area contributed by atoms with Gasteiger partial charge in [-0.05, 0) is 56.6 Å². The van der Waals surface area contributed by atoms with Gasteiger partial charge in [0, 0.05) is 46.1 Å². The van der Waals surface area contributed by atoms with E-state index in [-0.39, 0.29) is 0 Å². The second-order valence-electron chi connectivity index (χ2n) is 7.36. The zero-order valence-corrected chi connectivity index (χ0v) is 17.1. The van der Waals surface area contributed by atoms with E-state index in [4.69, 9.17) is 4.74 Å². The van der Waals surface area contributed by atoms with Crippen LogP contribution in [0.25, 0.3) is 0 Å². The largest absolute Gasteiger partial charge is 0.382 e. The summed E-state index contributed by atoms with van der Waals surface area (Å²) in [6.07, 6.45) is 10.4. The number of nitrogens with zero attached hydrogens (tertiary/aromatic N) is 2. The van der Waals surface area contributed by atoms with Gasteiger partial charge >= 0.3 is 0 Å². The summed E-state index contributed by atoms with van der Waals surface area (Å²) < 4.78 is 5.60. The number of hydrogen-bond donors (Lipinski definition) is 3. The Kier molecular flexibility index (Phi) is 9.98. The second-order valence-corrected chi connectivity index (χ2v) is 7.36. The summed E-state index contributed by atoms with van der Waals surface area (Å²) in [6.45, 7) is 6.59. The molecule has 6 nitrogen and oxygen atoms in total. The summed E-state index contributed by atoms with van der Waals surface area (Å²) in [6, 6.07) is 5.92. The normalized spacial score (nSPS) is 16.3. The average Bonchev–Trinajstić information content (AvgIpc) is 3.17. The van der Waals surface area contributed by atoms with E-state index in [1.807, 2.05) is 31.4 Å². The van der Waals surface area contributed by atoms with Crippen molar-refractivity contribution >= 4 is 11.8 Å². The zero-order chi connectivity index (χ0) is 19.2. The number of ether oxygens (including phenoxy) is 1. The molecule has 27 heavy (non-hydrogen) atoms.